The second-order valence-electron chi connectivity index (χ2n) is 5.04. The lowest BCUT2D eigenvalue weighted by Crippen LogP contribution is -2.25. The molecule has 0 aliphatic heterocycles. The Morgan fingerprint density at radius 2 is 2.30 bits per heavy atom. The van der Waals surface area contributed by atoms with Crippen LogP contribution in [0.2, 0.25) is 0 Å². The SMILES string of the molecule is CCCCC(CC)CNCc1cccnc1/C(N)=N/O. The molecule has 0 aliphatic carbocycles. The van der Waals surface area contributed by atoms with Crippen molar-refractivity contribution in [2.75, 3.05) is 6.54 Å². The van der Waals surface area contributed by atoms with Crippen molar-refractivity contribution in [2.45, 2.75) is 46.1 Å². The van der Waals surface area contributed by atoms with Gasteiger partial charge in [0.15, 0.2) is 5.84 Å². The van der Waals surface area contributed by atoms with Crippen LogP contribution in [0.4, 0.5) is 0 Å². The highest BCUT2D eigenvalue weighted by atomic mass is 16.4. The van der Waals surface area contributed by atoms with Crippen LogP contribution in [0.5, 0.6) is 0 Å². The normalized spacial score (nSPS) is 13.4. The smallest absolute Gasteiger partial charge is 0.189 e. The van der Waals surface area contributed by atoms with Crippen molar-refractivity contribution in [3.05, 3.63) is 29.6 Å². The molecule has 4 N–H and O–H groups in total. The fraction of sp³-hybridized carbons (Fsp3) is 0.600. The Labute approximate surface area is 121 Å². The summed E-state index contributed by atoms with van der Waals surface area (Å²) in [5.41, 5.74) is 7.13. The maximum absolute atomic E-state index is 8.76. The number of hydrogen-bond acceptors (Lipinski definition) is 4. The van der Waals surface area contributed by atoms with Crippen LogP contribution in [0.1, 0.15) is 50.8 Å². The van der Waals surface area contributed by atoms with Crippen molar-refractivity contribution in [2.24, 2.45) is 16.8 Å². The summed E-state index contributed by atoms with van der Waals surface area (Å²) in [6.45, 7) is 6.12. The van der Waals surface area contributed by atoms with Crippen LogP contribution in [0, 0.1) is 5.92 Å². The standard InChI is InChI=1S/C15H26N4O/c1-3-5-7-12(4-2)10-17-11-13-8-6-9-18-14(13)15(16)19-20/h6,8-9,12,17,20H,3-5,7,10-11H2,1-2H3,(H2,16,19). The molecule has 1 rings (SSSR count). The molecule has 0 amide bonds. The molecule has 20 heavy (non-hydrogen) atoms. The van der Waals surface area contributed by atoms with Gasteiger partial charge in [0.2, 0.25) is 0 Å². The van der Waals surface area contributed by atoms with Crippen LogP contribution in [-0.4, -0.2) is 22.6 Å². The van der Waals surface area contributed by atoms with Crippen molar-refractivity contribution in [3.63, 3.8) is 0 Å². The van der Waals surface area contributed by atoms with Gasteiger partial charge in [-0.3, -0.25) is 4.98 Å². The summed E-state index contributed by atoms with van der Waals surface area (Å²) >= 11 is 0. The summed E-state index contributed by atoms with van der Waals surface area (Å²) in [4.78, 5) is 4.16. The molecule has 0 aliphatic rings. The average Bonchev–Trinajstić information content (AvgIpc) is 2.50. The molecule has 0 radical (unpaired) electrons. The average molecular weight is 278 g/mol. The zero-order chi connectivity index (χ0) is 14.8. The highest BCUT2D eigenvalue weighted by molar-refractivity contribution is 5.96. The minimum Gasteiger partial charge on any atom is -0.409 e. The fourth-order valence-corrected chi connectivity index (χ4v) is 2.21. The van der Waals surface area contributed by atoms with E-state index in [4.69, 9.17) is 10.9 Å². The quantitative estimate of drug-likeness (QED) is 0.280. The number of unbranched alkanes of at least 4 members (excludes halogenated alkanes) is 1. The third-order valence-corrected chi connectivity index (χ3v) is 3.53. The Balaban J connectivity index is 2.53. The molecule has 0 saturated heterocycles. The monoisotopic (exact) mass is 278 g/mol. The molecular weight excluding hydrogens is 252 g/mol. The third-order valence-electron chi connectivity index (χ3n) is 3.53. The molecule has 5 heteroatoms. The molecule has 112 valence electrons. The number of aromatic nitrogens is 1. The minimum atomic E-state index is 0.0559. The van der Waals surface area contributed by atoms with Gasteiger partial charge in [-0.25, -0.2) is 0 Å². The lowest BCUT2D eigenvalue weighted by Gasteiger charge is -2.16. The Kier molecular flexibility index (Phi) is 7.65. The molecule has 1 aromatic heterocycles. The number of oxime groups is 1. The molecule has 0 aromatic carbocycles. The molecule has 0 fully saturated rings. The molecule has 1 aromatic rings. The van der Waals surface area contributed by atoms with Crippen LogP contribution < -0.4 is 11.1 Å². The number of rotatable bonds is 9. The fourth-order valence-electron chi connectivity index (χ4n) is 2.21. The Morgan fingerprint density at radius 1 is 1.50 bits per heavy atom. The maximum atomic E-state index is 8.76. The van der Waals surface area contributed by atoms with Gasteiger partial charge >= 0.3 is 0 Å². The van der Waals surface area contributed by atoms with Gasteiger partial charge in [0, 0.05) is 12.7 Å². The van der Waals surface area contributed by atoms with Crippen molar-refractivity contribution < 1.29 is 5.21 Å². The summed E-state index contributed by atoms with van der Waals surface area (Å²) in [7, 11) is 0. The van der Waals surface area contributed by atoms with Crippen LogP contribution in [0.25, 0.3) is 0 Å². The van der Waals surface area contributed by atoms with E-state index in [1.165, 1.54) is 25.7 Å². The Bertz CT molecular complexity index is 420. The van der Waals surface area contributed by atoms with Gasteiger partial charge in [0.1, 0.15) is 5.69 Å². The number of pyridine rings is 1. The van der Waals surface area contributed by atoms with Gasteiger partial charge in [0.25, 0.3) is 0 Å². The summed E-state index contributed by atoms with van der Waals surface area (Å²) in [5.74, 6) is 0.763. The van der Waals surface area contributed by atoms with E-state index in [0.717, 1.165) is 12.1 Å². The molecule has 0 saturated carbocycles. The first kappa shape index (κ1) is 16.4. The highest BCUT2D eigenvalue weighted by Gasteiger charge is 2.09. The summed E-state index contributed by atoms with van der Waals surface area (Å²) in [6.07, 6.45) is 6.62. The van der Waals surface area contributed by atoms with E-state index in [1.807, 2.05) is 12.1 Å². The second kappa shape index (κ2) is 9.31. The molecule has 1 atom stereocenters. The van der Waals surface area contributed by atoms with Crippen molar-refractivity contribution in [3.8, 4) is 0 Å². The van der Waals surface area contributed by atoms with Crippen molar-refractivity contribution in [1.82, 2.24) is 10.3 Å². The van der Waals surface area contributed by atoms with Gasteiger partial charge in [-0.2, -0.15) is 0 Å². The number of nitrogens with zero attached hydrogens (tertiary/aromatic N) is 2. The number of hydrogen-bond donors (Lipinski definition) is 3. The predicted molar refractivity (Wildman–Crippen MR) is 81.8 cm³/mol. The second-order valence-corrected chi connectivity index (χ2v) is 5.04. The summed E-state index contributed by atoms with van der Waals surface area (Å²) in [5, 5.41) is 15.2. The molecular formula is C15H26N4O. The lowest BCUT2D eigenvalue weighted by molar-refractivity contribution is 0.318. The largest absolute Gasteiger partial charge is 0.409 e. The molecule has 1 unspecified atom stereocenters. The van der Waals surface area contributed by atoms with E-state index in [2.05, 4.69) is 29.3 Å². The van der Waals surface area contributed by atoms with E-state index in [0.29, 0.717) is 18.2 Å². The van der Waals surface area contributed by atoms with E-state index in [9.17, 15) is 0 Å². The predicted octanol–water partition coefficient (Wildman–Crippen LogP) is 2.48. The van der Waals surface area contributed by atoms with Gasteiger partial charge < -0.3 is 16.3 Å². The zero-order valence-electron chi connectivity index (χ0n) is 12.5. The van der Waals surface area contributed by atoms with E-state index in [1.54, 1.807) is 6.20 Å². The Hall–Kier alpha value is -1.62. The highest BCUT2D eigenvalue weighted by Crippen LogP contribution is 2.12. The number of nitrogens with one attached hydrogen (secondary N) is 1. The third kappa shape index (κ3) is 5.17. The van der Waals surface area contributed by atoms with Gasteiger partial charge in [0.05, 0.1) is 0 Å². The van der Waals surface area contributed by atoms with Crippen LogP contribution in [0.3, 0.4) is 0 Å². The first-order valence-corrected chi connectivity index (χ1v) is 7.35. The van der Waals surface area contributed by atoms with E-state index < -0.39 is 0 Å². The molecule has 1 heterocycles. The first-order chi connectivity index (χ1) is 9.72. The summed E-state index contributed by atoms with van der Waals surface area (Å²) < 4.78 is 0. The first-order valence-electron chi connectivity index (χ1n) is 7.35. The minimum absolute atomic E-state index is 0.0559. The van der Waals surface area contributed by atoms with Crippen molar-refractivity contribution >= 4 is 5.84 Å². The van der Waals surface area contributed by atoms with E-state index in [-0.39, 0.29) is 5.84 Å². The van der Waals surface area contributed by atoms with Crippen LogP contribution in [0.15, 0.2) is 23.5 Å². The zero-order valence-corrected chi connectivity index (χ0v) is 12.5. The number of amidine groups is 1. The molecule has 0 bridgehead atoms. The maximum Gasteiger partial charge on any atom is 0.189 e. The molecule has 5 nitrogen and oxygen atoms in total. The summed E-state index contributed by atoms with van der Waals surface area (Å²) in [6, 6.07) is 3.81. The van der Waals surface area contributed by atoms with Gasteiger partial charge in [-0.05, 0) is 30.5 Å². The molecule has 0 spiro atoms. The van der Waals surface area contributed by atoms with Crippen LogP contribution >= 0.6 is 0 Å². The van der Waals surface area contributed by atoms with Crippen molar-refractivity contribution in [1.29, 1.82) is 0 Å². The van der Waals surface area contributed by atoms with E-state index >= 15 is 0 Å². The number of nitrogens with two attached hydrogens (primary N) is 1. The lowest BCUT2D eigenvalue weighted by atomic mass is 9.99. The van der Waals surface area contributed by atoms with Crippen LogP contribution in [-0.2, 0) is 6.54 Å². The Morgan fingerprint density at radius 3 is 2.95 bits per heavy atom. The van der Waals surface area contributed by atoms with Gasteiger partial charge in [-0.1, -0.05) is 44.3 Å². The topological polar surface area (TPSA) is 83.5 Å². The van der Waals surface area contributed by atoms with Gasteiger partial charge in [-0.15, -0.1) is 0 Å².